The summed E-state index contributed by atoms with van der Waals surface area (Å²) in [7, 11) is 0. The summed E-state index contributed by atoms with van der Waals surface area (Å²) in [4.78, 5) is 3.93. The third-order valence-corrected chi connectivity index (χ3v) is 5.78. The van der Waals surface area contributed by atoms with Gasteiger partial charge in [-0.15, -0.1) is 11.3 Å². The largest absolute Gasteiger partial charge is 0.311 e. The molecule has 1 aromatic rings. The highest BCUT2D eigenvalue weighted by Gasteiger charge is 2.34. The van der Waals surface area contributed by atoms with Crippen molar-refractivity contribution < 1.29 is 0 Å². The molecule has 2 rings (SSSR count). The summed E-state index contributed by atoms with van der Waals surface area (Å²) in [5.41, 5.74) is 0.598. The van der Waals surface area contributed by atoms with Gasteiger partial charge >= 0.3 is 0 Å². The van der Waals surface area contributed by atoms with Crippen LogP contribution < -0.4 is 5.32 Å². The van der Waals surface area contributed by atoms with E-state index >= 15 is 0 Å². The Labute approximate surface area is 126 Å². The highest BCUT2D eigenvalue weighted by Crippen LogP contribution is 2.36. The van der Waals surface area contributed by atoms with Gasteiger partial charge in [0.15, 0.2) is 0 Å². The molecule has 0 amide bonds. The third-order valence-electron chi connectivity index (χ3n) is 4.55. The quantitative estimate of drug-likeness (QED) is 0.766. The molecule has 19 heavy (non-hydrogen) atoms. The summed E-state index contributed by atoms with van der Waals surface area (Å²) < 4.78 is 0.881. The summed E-state index contributed by atoms with van der Waals surface area (Å²) in [5.74, 6) is 0. The van der Waals surface area contributed by atoms with Crippen molar-refractivity contribution >= 4 is 22.9 Å². The predicted molar refractivity (Wildman–Crippen MR) is 85.1 cm³/mol. The van der Waals surface area contributed by atoms with Gasteiger partial charge in [-0.25, -0.2) is 0 Å². The van der Waals surface area contributed by atoms with Crippen LogP contribution in [0.25, 0.3) is 0 Å². The van der Waals surface area contributed by atoms with Crippen molar-refractivity contribution in [1.29, 1.82) is 0 Å². The van der Waals surface area contributed by atoms with Crippen molar-refractivity contribution in [2.75, 3.05) is 26.2 Å². The minimum Gasteiger partial charge on any atom is -0.311 e. The normalized spacial score (nSPS) is 19.1. The summed E-state index contributed by atoms with van der Waals surface area (Å²) in [5, 5.41) is 3.52. The van der Waals surface area contributed by atoms with Crippen molar-refractivity contribution in [2.45, 2.75) is 39.7 Å². The Morgan fingerprint density at radius 3 is 2.74 bits per heavy atom. The van der Waals surface area contributed by atoms with E-state index in [1.54, 1.807) is 11.3 Å². The molecule has 0 spiro atoms. The van der Waals surface area contributed by atoms with Crippen LogP contribution in [-0.4, -0.2) is 31.1 Å². The Balaban J connectivity index is 1.64. The second-order valence-electron chi connectivity index (χ2n) is 5.62. The molecule has 0 bridgehead atoms. The van der Waals surface area contributed by atoms with Gasteiger partial charge in [-0.2, -0.15) is 0 Å². The lowest BCUT2D eigenvalue weighted by Gasteiger charge is -2.26. The molecule has 1 saturated heterocycles. The molecular formula is C15H25ClN2S. The lowest BCUT2D eigenvalue weighted by Crippen LogP contribution is -2.32. The van der Waals surface area contributed by atoms with Gasteiger partial charge in [0.05, 0.1) is 4.34 Å². The topological polar surface area (TPSA) is 15.3 Å². The lowest BCUT2D eigenvalue weighted by molar-refractivity contribution is 0.240. The zero-order valence-electron chi connectivity index (χ0n) is 12.0. The molecule has 4 heteroatoms. The van der Waals surface area contributed by atoms with Crippen LogP contribution >= 0.6 is 22.9 Å². The molecule has 1 N–H and O–H groups in total. The van der Waals surface area contributed by atoms with Crippen LogP contribution in [0.2, 0.25) is 4.34 Å². The van der Waals surface area contributed by atoms with Gasteiger partial charge < -0.3 is 10.2 Å². The van der Waals surface area contributed by atoms with Crippen LogP contribution in [-0.2, 0) is 6.54 Å². The van der Waals surface area contributed by atoms with Crippen molar-refractivity contribution in [3.8, 4) is 0 Å². The molecule has 0 radical (unpaired) electrons. The highest BCUT2D eigenvalue weighted by atomic mass is 35.5. The van der Waals surface area contributed by atoms with Crippen LogP contribution in [0.15, 0.2) is 12.1 Å². The number of nitrogens with one attached hydrogen (secondary N) is 1. The first-order valence-corrected chi connectivity index (χ1v) is 8.54. The fraction of sp³-hybridized carbons (Fsp3) is 0.733. The van der Waals surface area contributed by atoms with Gasteiger partial charge in [0.2, 0.25) is 0 Å². The zero-order valence-corrected chi connectivity index (χ0v) is 13.6. The van der Waals surface area contributed by atoms with Crippen molar-refractivity contribution in [1.82, 2.24) is 10.2 Å². The van der Waals surface area contributed by atoms with E-state index in [2.05, 4.69) is 30.1 Å². The zero-order chi connectivity index (χ0) is 13.7. The summed E-state index contributed by atoms with van der Waals surface area (Å²) in [6.45, 7) is 10.4. The molecule has 2 heterocycles. The van der Waals surface area contributed by atoms with Crippen LogP contribution in [0.1, 0.15) is 38.0 Å². The SMILES string of the molecule is CCC1(CC)CCN(CCNCc2ccc(Cl)s2)C1. The van der Waals surface area contributed by atoms with E-state index in [4.69, 9.17) is 11.6 Å². The minimum atomic E-state index is 0.598. The van der Waals surface area contributed by atoms with E-state index < -0.39 is 0 Å². The van der Waals surface area contributed by atoms with Gasteiger partial charge in [-0.1, -0.05) is 25.4 Å². The van der Waals surface area contributed by atoms with E-state index in [9.17, 15) is 0 Å². The molecule has 2 nitrogen and oxygen atoms in total. The fourth-order valence-corrected chi connectivity index (χ4v) is 4.00. The number of halogens is 1. The van der Waals surface area contributed by atoms with Gasteiger partial charge in [-0.05, 0) is 43.4 Å². The molecule has 1 aliphatic rings. The first-order chi connectivity index (χ1) is 9.17. The summed E-state index contributed by atoms with van der Waals surface area (Å²) >= 11 is 7.59. The number of thiophene rings is 1. The predicted octanol–water partition coefficient (Wildman–Crippen LogP) is 4.00. The fourth-order valence-electron chi connectivity index (χ4n) is 2.94. The van der Waals surface area contributed by atoms with Crippen molar-refractivity contribution in [3.05, 3.63) is 21.3 Å². The number of hydrogen-bond donors (Lipinski definition) is 1. The molecule has 0 aliphatic carbocycles. The van der Waals surface area contributed by atoms with Crippen LogP contribution in [0, 0.1) is 5.41 Å². The average Bonchev–Trinajstić information content (AvgIpc) is 3.02. The van der Waals surface area contributed by atoms with E-state index in [0.29, 0.717) is 5.41 Å². The van der Waals surface area contributed by atoms with Crippen LogP contribution in [0.5, 0.6) is 0 Å². The van der Waals surface area contributed by atoms with Gasteiger partial charge in [-0.3, -0.25) is 0 Å². The number of rotatable bonds is 7. The molecule has 0 atom stereocenters. The van der Waals surface area contributed by atoms with E-state index in [1.807, 2.05) is 6.07 Å². The standard InChI is InChI=1S/C15H25ClN2S/c1-3-15(4-2)7-9-18(12-15)10-8-17-11-13-5-6-14(16)19-13/h5-6,17H,3-4,7-12H2,1-2H3. The van der Waals surface area contributed by atoms with E-state index in [1.165, 1.54) is 43.8 Å². The first kappa shape index (κ1) is 15.3. The van der Waals surface area contributed by atoms with Gasteiger partial charge in [0, 0.05) is 31.1 Å². The Kier molecular flexibility index (Phi) is 5.70. The first-order valence-electron chi connectivity index (χ1n) is 7.35. The van der Waals surface area contributed by atoms with Crippen LogP contribution in [0.3, 0.4) is 0 Å². The second kappa shape index (κ2) is 7.07. The van der Waals surface area contributed by atoms with Gasteiger partial charge in [0.1, 0.15) is 0 Å². The molecule has 1 aliphatic heterocycles. The molecule has 108 valence electrons. The second-order valence-corrected chi connectivity index (χ2v) is 7.42. The Morgan fingerprint density at radius 1 is 1.37 bits per heavy atom. The summed E-state index contributed by atoms with van der Waals surface area (Å²) in [6, 6.07) is 4.08. The maximum Gasteiger partial charge on any atom is 0.0931 e. The van der Waals surface area contributed by atoms with E-state index in [0.717, 1.165) is 17.4 Å². The number of nitrogens with zero attached hydrogens (tertiary/aromatic N) is 1. The third kappa shape index (κ3) is 4.19. The molecule has 0 aromatic carbocycles. The summed E-state index contributed by atoms with van der Waals surface area (Å²) in [6.07, 6.45) is 4.02. The highest BCUT2D eigenvalue weighted by molar-refractivity contribution is 7.16. The number of likely N-dealkylation sites (tertiary alicyclic amines) is 1. The Bertz CT molecular complexity index is 387. The lowest BCUT2D eigenvalue weighted by atomic mass is 9.82. The average molecular weight is 301 g/mol. The molecular weight excluding hydrogens is 276 g/mol. The maximum absolute atomic E-state index is 5.92. The monoisotopic (exact) mass is 300 g/mol. The maximum atomic E-state index is 5.92. The molecule has 1 aromatic heterocycles. The molecule has 0 unspecified atom stereocenters. The van der Waals surface area contributed by atoms with E-state index in [-0.39, 0.29) is 0 Å². The van der Waals surface area contributed by atoms with Crippen LogP contribution in [0.4, 0.5) is 0 Å². The van der Waals surface area contributed by atoms with Gasteiger partial charge in [0.25, 0.3) is 0 Å². The Hall–Kier alpha value is -0.0900. The molecule has 0 saturated carbocycles. The smallest absolute Gasteiger partial charge is 0.0931 e. The van der Waals surface area contributed by atoms with Crippen molar-refractivity contribution in [2.24, 2.45) is 5.41 Å². The minimum absolute atomic E-state index is 0.598. The van der Waals surface area contributed by atoms with Crippen molar-refractivity contribution in [3.63, 3.8) is 0 Å². The Morgan fingerprint density at radius 2 is 2.16 bits per heavy atom. The number of hydrogen-bond acceptors (Lipinski definition) is 3. The molecule has 1 fully saturated rings.